The topological polar surface area (TPSA) is 98.9 Å². The Morgan fingerprint density at radius 3 is 2.59 bits per heavy atom. The first-order valence-electron chi connectivity index (χ1n) is 4.59. The Bertz CT molecular complexity index is 444. The third-order valence-corrected chi connectivity index (χ3v) is 2.14. The van der Waals surface area contributed by atoms with Crippen LogP contribution in [0.4, 0.5) is 5.69 Å². The average molecular weight is 241 g/mol. The molecular formula is C10H11NO6. The van der Waals surface area contributed by atoms with Gasteiger partial charge in [0.2, 0.25) is 0 Å². The zero-order chi connectivity index (χ0) is 13.0. The second-order valence-corrected chi connectivity index (χ2v) is 3.11. The fourth-order valence-corrected chi connectivity index (χ4v) is 1.27. The molecule has 0 bridgehead atoms. The van der Waals surface area contributed by atoms with Gasteiger partial charge in [-0.1, -0.05) is 6.07 Å². The van der Waals surface area contributed by atoms with Crippen LogP contribution in [0.2, 0.25) is 0 Å². The van der Waals surface area contributed by atoms with Crippen molar-refractivity contribution in [2.45, 2.75) is 6.10 Å². The summed E-state index contributed by atoms with van der Waals surface area (Å²) in [5.41, 5.74) is -0.252. The molecule has 0 spiro atoms. The van der Waals surface area contributed by atoms with Crippen molar-refractivity contribution in [3.8, 4) is 5.75 Å². The molecule has 0 aromatic heterocycles. The summed E-state index contributed by atoms with van der Waals surface area (Å²) >= 11 is 0. The molecule has 0 aliphatic rings. The van der Waals surface area contributed by atoms with Gasteiger partial charge in [0.1, 0.15) is 0 Å². The maximum Gasteiger partial charge on any atom is 0.339 e. The third kappa shape index (κ3) is 2.70. The Labute approximate surface area is 96.7 Å². The Balaban J connectivity index is 3.16. The maximum absolute atomic E-state index is 11.1. The van der Waals surface area contributed by atoms with Crippen molar-refractivity contribution in [1.82, 2.24) is 0 Å². The van der Waals surface area contributed by atoms with Crippen molar-refractivity contribution >= 4 is 11.7 Å². The Morgan fingerprint density at radius 2 is 2.12 bits per heavy atom. The largest absolute Gasteiger partial charge is 0.490 e. The first-order chi connectivity index (χ1) is 8.01. The predicted octanol–water partition coefficient (Wildman–Crippen LogP) is 0.810. The molecular weight excluding hydrogens is 230 g/mol. The summed E-state index contributed by atoms with van der Waals surface area (Å²) in [6.07, 6.45) is -1.55. The number of nitro groups is 1. The Hall–Kier alpha value is -2.15. The summed E-state index contributed by atoms with van der Waals surface area (Å²) in [7, 11) is 2.40. The standard InChI is InChI=1S/C10H11NO6/c1-16-8-4-3-6(5-7(8)11(14)15)9(12)10(13)17-2/h3-5,9,12H,1-2H3. The lowest BCUT2D eigenvalue weighted by atomic mass is 10.1. The summed E-state index contributed by atoms with van der Waals surface area (Å²) < 4.78 is 9.12. The van der Waals surface area contributed by atoms with Gasteiger partial charge in [-0.25, -0.2) is 4.79 Å². The van der Waals surface area contributed by atoms with Crippen molar-refractivity contribution in [3.05, 3.63) is 33.9 Å². The zero-order valence-corrected chi connectivity index (χ0v) is 9.25. The maximum atomic E-state index is 11.1. The number of carbonyl (C=O) groups excluding carboxylic acids is 1. The van der Waals surface area contributed by atoms with Gasteiger partial charge in [0.25, 0.3) is 0 Å². The van der Waals surface area contributed by atoms with Crippen LogP contribution in [-0.2, 0) is 9.53 Å². The summed E-state index contributed by atoms with van der Waals surface area (Å²) in [6.45, 7) is 0. The van der Waals surface area contributed by atoms with E-state index in [4.69, 9.17) is 4.74 Å². The monoisotopic (exact) mass is 241 g/mol. The summed E-state index contributed by atoms with van der Waals surface area (Å²) in [5, 5.41) is 20.2. The van der Waals surface area contributed by atoms with Crippen LogP contribution in [0.5, 0.6) is 5.75 Å². The number of ether oxygens (including phenoxy) is 2. The Morgan fingerprint density at radius 1 is 1.47 bits per heavy atom. The highest BCUT2D eigenvalue weighted by Gasteiger charge is 2.23. The summed E-state index contributed by atoms with van der Waals surface area (Å²) in [5.74, 6) is -0.833. The van der Waals surface area contributed by atoms with Gasteiger partial charge in [-0.05, 0) is 11.6 Å². The van der Waals surface area contributed by atoms with E-state index in [9.17, 15) is 20.0 Å². The number of benzene rings is 1. The van der Waals surface area contributed by atoms with Crippen LogP contribution < -0.4 is 4.74 Å². The fraction of sp³-hybridized carbons (Fsp3) is 0.300. The first kappa shape index (κ1) is 12.9. The number of rotatable bonds is 4. The van der Waals surface area contributed by atoms with Gasteiger partial charge in [0, 0.05) is 6.07 Å². The number of methoxy groups -OCH3 is 2. The van der Waals surface area contributed by atoms with E-state index in [1.54, 1.807) is 0 Å². The summed E-state index contributed by atoms with van der Waals surface area (Å²) in [6, 6.07) is 3.73. The quantitative estimate of drug-likeness (QED) is 0.475. The average Bonchev–Trinajstić information content (AvgIpc) is 2.35. The number of esters is 1. The second kappa shape index (κ2) is 5.26. The molecule has 0 saturated carbocycles. The summed E-state index contributed by atoms with van der Waals surface area (Å²) in [4.78, 5) is 21.1. The van der Waals surface area contributed by atoms with Crippen LogP contribution in [0, 0.1) is 10.1 Å². The number of hydrogen-bond acceptors (Lipinski definition) is 6. The molecule has 1 rings (SSSR count). The van der Waals surface area contributed by atoms with Crippen molar-refractivity contribution < 1.29 is 24.3 Å². The molecule has 1 N–H and O–H groups in total. The van der Waals surface area contributed by atoms with Crippen LogP contribution >= 0.6 is 0 Å². The lowest BCUT2D eigenvalue weighted by Gasteiger charge is -2.09. The fourth-order valence-electron chi connectivity index (χ4n) is 1.27. The van der Waals surface area contributed by atoms with Gasteiger partial charge in [-0.3, -0.25) is 10.1 Å². The van der Waals surface area contributed by atoms with Crippen LogP contribution in [0.1, 0.15) is 11.7 Å². The molecule has 0 radical (unpaired) electrons. The van der Waals surface area contributed by atoms with Crippen LogP contribution in [0.3, 0.4) is 0 Å². The van der Waals surface area contributed by atoms with Gasteiger partial charge in [0.15, 0.2) is 11.9 Å². The minimum atomic E-state index is -1.55. The third-order valence-electron chi connectivity index (χ3n) is 2.14. The number of aliphatic hydroxyl groups is 1. The van der Waals surface area contributed by atoms with E-state index in [1.165, 1.54) is 19.2 Å². The van der Waals surface area contributed by atoms with Crippen molar-refractivity contribution in [3.63, 3.8) is 0 Å². The molecule has 0 aliphatic carbocycles. The predicted molar refractivity (Wildman–Crippen MR) is 56.6 cm³/mol. The zero-order valence-electron chi connectivity index (χ0n) is 9.25. The van der Waals surface area contributed by atoms with Crippen LogP contribution in [-0.4, -0.2) is 30.2 Å². The Kier molecular flexibility index (Phi) is 4.00. The van der Waals surface area contributed by atoms with E-state index in [0.717, 1.165) is 13.2 Å². The van der Waals surface area contributed by atoms with Crippen molar-refractivity contribution in [1.29, 1.82) is 0 Å². The molecule has 17 heavy (non-hydrogen) atoms. The normalized spacial score (nSPS) is 11.7. The highest BCUT2D eigenvalue weighted by molar-refractivity contribution is 5.76. The first-order valence-corrected chi connectivity index (χ1v) is 4.59. The van der Waals surface area contributed by atoms with E-state index in [0.29, 0.717) is 0 Å². The lowest BCUT2D eigenvalue weighted by molar-refractivity contribution is -0.385. The van der Waals surface area contributed by atoms with Gasteiger partial charge in [-0.15, -0.1) is 0 Å². The van der Waals surface area contributed by atoms with E-state index >= 15 is 0 Å². The lowest BCUT2D eigenvalue weighted by Crippen LogP contribution is -2.13. The van der Waals surface area contributed by atoms with Crippen LogP contribution in [0.15, 0.2) is 18.2 Å². The van der Waals surface area contributed by atoms with E-state index in [-0.39, 0.29) is 17.0 Å². The molecule has 0 saturated heterocycles. The smallest absolute Gasteiger partial charge is 0.339 e. The highest BCUT2D eigenvalue weighted by atomic mass is 16.6. The molecule has 1 unspecified atom stereocenters. The van der Waals surface area contributed by atoms with E-state index in [1.807, 2.05) is 0 Å². The second-order valence-electron chi connectivity index (χ2n) is 3.11. The van der Waals surface area contributed by atoms with Gasteiger partial charge in [0.05, 0.1) is 19.1 Å². The molecule has 0 fully saturated rings. The number of aliphatic hydroxyl groups excluding tert-OH is 1. The van der Waals surface area contributed by atoms with Crippen LogP contribution in [0.25, 0.3) is 0 Å². The number of nitrogens with zero attached hydrogens (tertiary/aromatic N) is 1. The molecule has 0 heterocycles. The van der Waals surface area contributed by atoms with Gasteiger partial charge < -0.3 is 14.6 Å². The molecule has 92 valence electrons. The van der Waals surface area contributed by atoms with Gasteiger partial charge in [-0.2, -0.15) is 0 Å². The molecule has 7 heteroatoms. The minimum absolute atomic E-state index is 0.0517. The van der Waals surface area contributed by atoms with E-state index in [2.05, 4.69) is 4.74 Å². The minimum Gasteiger partial charge on any atom is -0.490 e. The number of nitro benzene ring substituents is 1. The number of carbonyl (C=O) groups is 1. The van der Waals surface area contributed by atoms with E-state index < -0.39 is 17.0 Å². The molecule has 0 aliphatic heterocycles. The molecule has 1 aromatic carbocycles. The van der Waals surface area contributed by atoms with Crippen molar-refractivity contribution in [2.75, 3.05) is 14.2 Å². The highest BCUT2D eigenvalue weighted by Crippen LogP contribution is 2.30. The van der Waals surface area contributed by atoms with Crippen molar-refractivity contribution in [2.24, 2.45) is 0 Å². The molecule has 7 nitrogen and oxygen atoms in total. The SMILES string of the molecule is COC(=O)C(O)c1ccc(OC)c([N+](=O)[O-])c1. The van der Waals surface area contributed by atoms with Gasteiger partial charge >= 0.3 is 11.7 Å². The number of hydrogen-bond donors (Lipinski definition) is 1. The molecule has 1 aromatic rings. The molecule has 1 atom stereocenters. The molecule has 0 amide bonds.